The van der Waals surface area contributed by atoms with Crippen molar-refractivity contribution < 1.29 is 61.3 Å². The van der Waals surface area contributed by atoms with Gasteiger partial charge < -0.3 is 61.3 Å². The fourth-order valence-electron chi connectivity index (χ4n) is 1.34. The maximum atomic E-state index is 8.96. The number of hydrogen-bond acceptors (Lipinski definition) is 12. The molecule has 148 valence electrons. The molecule has 24 heavy (non-hydrogen) atoms. The number of rotatable bonds is 10. The van der Waals surface area contributed by atoms with Gasteiger partial charge in [-0.3, -0.25) is 0 Å². The van der Waals surface area contributed by atoms with Gasteiger partial charge in [0.1, 0.15) is 48.8 Å². The van der Waals surface area contributed by atoms with Crippen LogP contribution < -0.4 is 0 Å². The zero-order valence-electron chi connectivity index (χ0n) is 12.8. The van der Waals surface area contributed by atoms with Crippen LogP contribution in [0.25, 0.3) is 0 Å². The summed E-state index contributed by atoms with van der Waals surface area (Å²) in [7, 11) is 0. The van der Waals surface area contributed by atoms with E-state index in [2.05, 4.69) is 0 Å². The van der Waals surface area contributed by atoms with Crippen molar-refractivity contribution in [3.05, 3.63) is 0 Å². The first-order valence-corrected chi connectivity index (χ1v) is 6.96. The second-order valence-electron chi connectivity index (χ2n) is 4.96. The standard InChI is InChI=1S/2C6H14O6/c2*7-1-3(9)5(11)6(12)4(10)2-8/h2*3-12H,1-2H2/t2*3-,4+,5-,6-/m10/s1. The maximum Gasteiger partial charge on any atom is 0.111 e. The Kier molecular flexibility index (Phi) is 14.8. The molecule has 12 N–H and O–H groups in total. The van der Waals surface area contributed by atoms with Crippen molar-refractivity contribution in [1.29, 1.82) is 0 Å². The second-order valence-corrected chi connectivity index (χ2v) is 4.96. The second kappa shape index (κ2) is 13.8. The van der Waals surface area contributed by atoms with Gasteiger partial charge in [0.25, 0.3) is 0 Å². The quantitative estimate of drug-likeness (QED) is 0.173. The first kappa shape index (κ1) is 25.8. The Morgan fingerprint density at radius 3 is 0.542 bits per heavy atom. The minimum Gasteiger partial charge on any atom is -0.394 e. The highest BCUT2D eigenvalue weighted by Gasteiger charge is 2.30. The molecule has 0 rings (SSSR count). The highest BCUT2D eigenvalue weighted by molar-refractivity contribution is 4.80. The Balaban J connectivity index is 0. The normalized spacial score (nSPS) is 21.5. The van der Waals surface area contributed by atoms with Gasteiger partial charge in [0.05, 0.1) is 26.4 Å². The first-order chi connectivity index (χ1) is 11.1. The molecule has 0 aliphatic heterocycles. The molecule has 0 aromatic rings. The third-order valence-corrected chi connectivity index (χ3v) is 3.02. The van der Waals surface area contributed by atoms with E-state index in [9.17, 15) is 0 Å². The van der Waals surface area contributed by atoms with Crippen molar-refractivity contribution in [1.82, 2.24) is 0 Å². The molecular weight excluding hydrogens is 336 g/mol. The summed E-state index contributed by atoms with van der Waals surface area (Å²) < 4.78 is 0. The topological polar surface area (TPSA) is 243 Å². The molecule has 12 heteroatoms. The van der Waals surface area contributed by atoms with E-state index in [1.165, 1.54) is 0 Å². The van der Waals surface area contributed by atoms with Gasteiger partial charge >= 0.3 is 0 Å². The molecule has 0 amide bonds. The van der Waals surface area contributed by atoms with E-state index < -0.39 is 75.3 Å². The van der Waals surface area contributed by atoms with Crippen LogP contribution in [0.5, 0.6) is 0 Å². The zero-order valence-corrected chi connectivity index (χ0v) is 12.8. The number of aliphatic hydroxyl groups excluding tert-OH is 12. The monoisotopic (exact) mass is 364 g/mol. The van der Waals surface area contributed by atoms with E-state index in [1.807, 2.05) is 0 Å². The molecule has 0 aromatic heterocycles. The van der Waals surface area contributed by atoms with Crippen LogP contribution in [0, 0.1) is 0 Å². The van der Waals surface area contributed by atoms with E-state index in [1.54, 1.807) is 0 Å². The molecule has 0 spiro atoms. The summed E-state index contributed by atoms with van der Waals surface area (Å²) in [5.41, 5.74) is 0. The van der Waals surface area contributed by atoms with Gasteiger partial charge in [-0.25, -0.2) is 0 Å². The SMILES string of the molecule is OC[C@@H](O)[C@@H](O)[C@H](O)[C@@H](O)CO.OC[C@@H](O)[C@H](O)[C@@H](O)[C@@H](O)CO. The third-order valence-electron chi connectivity index (χ3n) is 3.02. The van der Waals surface area contributed by atoms with Gasteiger partial charge in [-0.1, -0.05) is 0 Å². The highest BCUT2D eigenvalue weighted by atomic mass is 16.4. The van der Waals surface area contributed by atoms with Crippen molar-refractivity contribution in [2.75, 3.05) is 26.4 Å². The van der Waals surface area contributed by atoms with Crippen LogP contribution in [0.1, 0.15) is 0 Å². The lowest BCUT2D eigenvalue weighted by Crippen LogP contribution is -2.46. The van der Waals surface area contributed by atoms with Crippen LogP contribution in [0.4, 0.5) is 0 Å². The minimum absolute atomic E-state index is 0.726. The average molecular weight is 364 g/mol. The molecule has 0 aliphatic rings. The zero-order chi connectivity index (χ0) is 19.4. The third kappa shape index (κ3) is 9.12. The van der Waals surface area contributed by atoms with E-state index in [-0.39, 0.29) is 0 Å². The minimum atomic E-state index is -1.67. The van der Waals surface area contributed by atoms with Crippen molar-refractivity contribution in [3.63, 3.8) is 0 Å². The summed E-state index contributed by atoms with van der Waals surface area (Å²) in [6, 6.07) is 0. The summed E-state index contributed by atoms with van der Waals surface area (Å²) >= 11 is 0. The molecular formula is C12H28O12. The molecule has 0 radical (unpaired) electrons. The summed E-state index contributed by atoms with van der Waals surface area (Å²) in [5, 5.41) is 104. The molecule has 0 saturated heterocycles. The molecule has 0 bridgehead atoms. The lowest BCUT2D eigenvalue weighted by atomic mass is 10.0. The summed E-state index contributed by atoms with van der Waals surface area (Å²) in [4.78, 5) is 0. The fraction of sp³-hybridized carbons (Fsp3) is 1.00. The van der Waals surface area contributed by atoms with Crippen molar-refractivity contribution in [2.45, 2.75) is 48.8 Å². The van der Waals surface area contributed by atoms with Crippen LogP contribution in [-0.2, 0) is 0 Å². The molecule has 12 nitrogen and oxygen atoms in total. The number of hydrogen-bond donors (Lipinski definition) is 12. The molecule has 0 unspecified atom stereocenters. The molecule has 0 fully saturated rings. The van der Waals surface area contributed by atoms with Gasteiger partial charge in [0.15, 0.2) is 0 Å². The predicted molar refractivity (Wildman–Crippen MR) is 76.4 cm³/mol. The average Bonchev–Trinajstić information content (AvgIpc) is 2.62. The van der Waals surface area contributed by atoms with Gasteiger partial charge in [0.2, 0.25) is 0 Å². The lowest BCUT2D eigenvalue weighted by molar-refractivity contribution is -0.123. The van der Waals surface area contributed by atoms with Crippen molar-refractivity contribution >= 4 is 0 Å². The Hall–Kier alpha value is -0.480. The first-order valence-electron chi connectivity index (χ1n) is 6.96. The van der Waals surface area contributed by atoms with Crippen LogP contribution in [0.3, 0.4) is 0 Å². The van der Waals surface area contributed by atoms with Crippen molar-refractivity contribution in [3.8, 4) is 0 Å². The van der Waals surface area contributed by atoms with E-state index in [0.29, 0.717) is 0 Å². The Morgan fingerprint density at radius 2 is 0.458 bits per heavy atom. The van der Waals surface area contributed by atoms with Gasteiger partial charge in [-0.2, -0.15) is 0 Å². The maximum absolute atomic E-state index is 8.96. The van der Waals surface area contributed by atoms with Crippen LogP contribution in [0.2, 0.25) is 0 Å². The number of aliphatic hydroxyl groups is 12. The molecule has 0 aliphatic carbocycles. The van der Waals surface area contributed by atoms with Gasteiger partial charge in [-0.05, 0) is 0 Å². The smallest absolute Gasteiger partial charge is 0.111 e. The molecule has 0 aromatic carbocycles. The van der Waals surface area contributed by atoms with Crippen LogP contribution in [-0.4, -0.2) is 137 Å². The van der Waals surface area contributed by atoms with Crippen LogP contribution >= 0.6 is 0 Å². The van der Waals surface area contributed by atoms with Crippen LogP contribution in [0.15, 0.2) is 0 Å². The Bertz CT molecular complexity index is 237. The Labute approximate surface area is 137 Å². The van der Waals surface area contributed by atoms with Gasteiger partial charge in [-0.15, -0.1) is 0 Å². The fourth-order valence-corrected chi connectivity index (χ4v) is 1.34. The van der Waals surface area contributed by atoms with E-state index >= 15 is 0 Å². The lowest BCUT2D eigenvalue weighted by Gasteiger charge is -2.24. The van der Waals surface area contributed by atoms with Crippen molar-refractivity contribution in [2.24, 2.45) is 0 Å². The summed E-state index contributed by atoms with van der Waals surface area (Å²) in [6.07, 6.45) is -12.8. The summed E-state index contributed by atoms with van der Waals surface area (Å²) in [5.74, 6) is 0. The largest absolute Gasteiger partial charge is 0.394 e. The highest BCUT2D eigenvalue weighted by Crippen LogP contribution is 2.04. The van der Waals surface area contributed by atoms with Gasteiger partial charge in [0, 0.05) is 0 Å². The summed E-state index contributed by atoms with van der Waals surface area (Å²) in [6.45, 7) is -2.90. The van der Waals surface area contributed by atoms with E-state index in [0.717, 1.165) is 0 Å². The molecule has 8 atom stereocenters. The van der Waals surface area contributed by atoms with E-state index in [4.69, 9.17) is 61.3 Å². The predicted octanol–water partition coefficient (Wildman–Crippen LogP) is -7.17. The molecule has 0 saturated carbocycles. The Morgan fingerprint density at radius 1 is 0.333 bits per heavy atom. The molecule has 0 heterocycles.